The predicted octanol–water partition coefficient (Wildman–Crippen LogP) is 1.73. The second kappa shape index (κ2) is 5.90. The SMILES string of the molecule is OCC1(NCc2cc(F)c(F)cc2F)CCOCC1. The summed E-state index contributed by atoms with van der Waals surface area (Å²) in [6.07, 6.45) is 1.18. The molecule has 0 unspecified atom stereocenters. The zero-order valence-electron chi connectivity index (χ0n) is 10.4. The molecule has 0 atom stereocenters. The third-order valence-electron chi connectivity index (χ3n) is 3.50. The predicted molar refractivity (Wildman–Crippen MR) is 63.0 cm³/mol. The van der Waals surface area contributed by atoms with Crippen LogP contribution in [0.1, 0.15) is 18.4 Å². The van der Waals surface area contributed by atoms with Crippen LogP contribution in [0.15, 0.2) is 12.1 Å². The summed E-state index contributed by atoms with van der Waals surface area (Å²) >= 11 is 0. The average Bonchev–Trinajstić information content (AvgIpc) is 2.42. The van der Waals surface area contributed by atoms with Crippen LogP contribution in [0.4, 0.5) is 13.2 Å². The van der Waals surface area contributed by atoms with E-state index in [9.17, 15) is 18.3 Å². The second-order valence-electron chi connectivity index (χ2n) is 4.76. The lowest BCUT2D eigenvalue weighted by atomic mass is 9.90. The lowest BCUT2D eigenvalue weighted by Gasteiger charge is -2.36. The summed E-state index contributed by atoms with van der Waals surface area (Å²) in [6.45, 7) is 0.937. The van der Waals surface area contributed by atoms with Gasteiger partial charge in [-0.15, -0.1) is 0 Å². The van der Waals surface area contributed by atoms with Crippen LogP contribution >= 0.6 is 0 Å². The summed E-state index contributed by atoms with van der Waals surface area (Å²) in [5, 5.41) is 12.5. The van der Waals surface area contributed by atoms with Gasteiger partial charge < -0.3 is 15.2 Å². The van der Waals surface area contributed by atoms with Crippen molar-refractivity contribution >= 4 is 0 Å². The Morgan fingerprint density at radius 1 is 1.11 bits per heavy atom. The molecule has 0 aromatic heterocycles. The van der Waals surface area contributed by atoms with Gasteiger partial charge in [-0.05, 0) is 18.9 Å². The third-order valence-corrected chi connectivity index (χ3v) is 3.50. The Kier molecular flexibility index (Phi) is 4.44. The molecule has 0 saturated carbocycles. The fourth-order valence-electron chi connectivity index (χ4n) is 2.13. The third kappa shape index (κ3) is 3.26. The number of benzene rings is 1. The summed E-state index contributed by atoms with van der Waals surface area (Å²) in [4.78, 5) is 0. The van der Waals surface area contributed by atoms with Crippen LogP contribution in [0.2, 0.25) is 0 Å². The zero-order valence-corrected chi connectivity index (χ0v) is 10.4. The van der Waals surface area contributed by atoms with Crippen molar-refractivity contribution in [1.29, 1.82) is 0 Å². The molecule has 19 heavy (non-hydrogen) atoms. The van der Waals surface area contributed by atoms with Gasteiger partial charge in [-0.1, -0.05) is 0 Å². The van der Waals surface area contributed by atoms with Crippen molar-refractivity contribution in [2.45, 2.75) is 24.9 Å². The molecule has 0 bridgehead atoms. The van der Waals surface area contributed by atoms with Crippen LogP contribution in [-0.2, 0) is 11.3 Å². The average molecular weight is 275 g/mol. The minimum absolute atomic E-state index is 0.0313. The van der Waals surface area contributed by atoms with Gasteiger partial charge in [0.1, 0.15) is 5.82 Å². The summed E-state index contributed by atoms with van der Waals surface area (Å²) in [5.74, 6) is -3.08. The normalized spacial score (nSPS) is 18.5. The lowest BCUT2D eigenvalue weighted by Crippen LogP contribution is -2.52. The smallest absolute Gasteiger partial charge is 0.161 e. The van der Waals surface area contributed by atoms with E-state index in [1.165, 1.54) is 0 Å². The highest BCUT2D eigenvalue weighted by Gasteiger charge is 2.31. The van der Waals surface area contributed by atoms with Crippen molar-refractivity contribution in [3.63, 3.8) is 0 Å². The topological polar surface area (TPSA) is 41.5 Å². The molecule has 1 saturated heterocycles. The Bertz CT molecular complexity index is 448. The van der Waals surface area contributed by atoms with Crippen molar-refractivity contribution in [1.82, 2.24) is 5.32 Å². The minimum atomic E-state index is -1.20. The number of aliphatic hydroxyl groups excluding tert-OH is 1. The quantitative estimate of drug-likeness (QED) is 0.822. The maximum Gasteiger partial charge on any atom is 0.161 e. The highest BCUT2D eigenvalue weighted by atomic mass is 19.2. The molecule has 0 aliphatic carbocycles. The standard InChI is InChI=1S/C13H16F3NO2/c14-10-6-12(16)11(15)5-9(10)7-17-13(8-18)1-3-19-4-2-13/h5-6,17-18H,1-4,7-8H2. The summed E-state index contributed by atoms with van der Waals surface area (Å²) in [6, 6.07) is 1.37. The van der Waals surface area contributed by atoms with Crippen molar-refractivity contribution in [2.24, 2.45) is 0 Å². The van der Waals surface area contributed by atoms with Gasteiger partial charge >= 0.3 is 0 Å². The van der Waals surface area contributed by atoms with E-state index in [0.717, 1.165) is 6.07 Å². The Labute approximate surface area is 109 Å². The van der Waals surface area contributed by atoms with E-state index >= 15 is 0 Å². The van der Waals surface area contributed by atoms with Crippen LogP contribution in [0.25, 0.3) is 0 Å². The number of halogens is 3. The van der Waals surface area contributed by atoms with Gasteiger partial charge in [0.25, 0.3) is 0 Å². The van der Waals surface area contributed by atoms with Gasteiger partial charge in [-0.25, -0.2) is 13.2 Å². The number of aliphatic hydroxyl groups is 1. The van der Waals surface area contributed by atoms with Gasteiger partial charge in [0.2, 0.25) is 0 Å². The van der Waals surface area contributed by atoms with Crippen LogP contribution < -0.4 is 5.32 Å². The van der Waals surface area contributed by atoms with Gasteiger partial charge in [0, 0.05) is 36.9 Å². The molecule has 0 radical (unpaired) electrons. The molecule has 1 aliphatic heterocycles. The Morgan fingerprint density at radius 2 is 1.74 bits per heavy atom. The van der Waals surface area contributed by atoms with Crippen LogP contribution in [0.5, 0.6) is 0 Å². The molecule has 2 N–H and O–H groups in total. The van der Waals surface area contributed by atoms with E-state index in [-0.39, 0.29) is 18.7 Å². The molecule has 1 aromatic carbocycles. The molecule has 1 fully saturated rings. The second-order valence-corrected chi connectivity index (χ2v) is 4.76. The van der Waals surface area contributed by atoms with Gasteiger partial charge in [0.05, 0.1) is 6.61 Å². The maximum atomic E-state index is 13.5. The van der Waals surface area contributed by atoms with Crippen LogP contribution in [0.3, 0.4) is 0 Å². The summed E-state index contributed by atoms with van der Waals surface area (Å²) in [5.41, 5.74) is -0.506. The fraction of sp³-hybridized carbons (Fsp3) is 0.538. The molecule has 106 valence electrons. The van der Waals surface area contributed by atoms with E-state index in [1.807, 2.05) is 0 Å². The van der Waals surface area contributed by atoms with Gasteiger partial charge in [-0.3, -0.25) is 0 Å². The molecule has 0 spiro atoms. The number of rotatable bonds is 4. The zero-order chi connectivity index (χ0) is 13.9. The molecule has 0 amide bonds. The van der Waals surface area contributed by atoms with Crippen LogP contribution in [0, 0.1) is 17.5 Å². The Hall–Kier alpha value is -1.11. The van der Waals surface area contributed by atoms with E-state index < -0.39 is 23.0 Å². The first-order valence-corrected chi connectivity index (χ1v) is 6.13. The van der Waals surface area contributed by atoms with Crippen molar-refractivity contribution < 1.29 is 23.0 Å². The van der Waals surface area contributed by atoms with E-state index in [1.54, 1.807) is 0 Å². The van der Waals surface area contributed by atoms with Gasteiger partial charge in [-0.2, -0.15) is 0 Å². The minimum Gasteiger partial charge on any atom is -0.394 e. The monoisotopic (exact) mass is 275 g/mol. The molecule has 2 rings (SSSR count). The molecule has 3 nitrogen and oxygen atoms in total. The first-order valence-electron chi connectivity index (χ1n) is 6.13. The molecule has 1 heterocycles. The van der Waals surface area contributed by atoms with E-state index in [4.69, 9.17) is 4.74 Å². The highest BCUT2D eigenvalue weighted by Crippen LogP contribution is 2.21. The lowest BCUT2D eigenvalue weighted by molar-refractivity contribution is 0.0110. The maximum absolute atomic E-state index is 13.5. The molecular weight excluding hydrogens is 259 g/mol. The Balaban J connectivity index is 2.07. The van der Waals surface area contributed by atoms with Crippen molar-refractivity contribution in [3.05, 3.63) is 35.1 Å². The first kappa shape index (κ1) is 14.3. The number of hydrogen-bond donors (Lipinski definition) is 2. The van der Waals surface area contributed by atoms with Crippen LogP contribution in [-0.4, -0.2) is 30.5 Å². The number of ether oxygens (including phenoxy) is 1. The molecular formula is C13H16F3NO2. The fourth-order valence-corrected chi connectivity index (χ4v) is 2.13. The van der Waals surface area contributed by atoms with E-state index in [2.05, 4.69) is 5.32 Å². The van der Waals surface area contributed by atoms with Crippen molar-refractivity contribution in [2.75, 3.05) is 19.8 Å². The van der Waals surface area contributed by atoms with Crippen molar-refractivity contribution in [3.8, 4) is 0 Å². The van der Waals surface area contributed by atoms with Gasteiger partial charge in [0.15, 0.2) is 11.6 Å². The first-order chi connectivity index (χ1) is 9.06. The number of nitrogens with one attached hydrogen (secondary N) is 1. The summed E-state index contributed by atoms with van der Waals surface area (Å²) < 4.78 is 44.5. The molecule has 1 aliphatic rings. The number of hydrogen-bond acceptors (Lipinski definition) is 3. The Morgan fingerprint density at radius 3 is 2.37 bits per heavy atom. The summed E-state index contributed by atoms with van der Waals surface area (Å²) in [7, 11) is 0. The van der Waals surface area contributed by atoms with E-state index in [0.29, 0.717) is 32.1 Å². The molecule has 1 aromatic rings. The largest absolute Gasteiger partial charge is 0.394 e. The highest BCUT2D eigenvalue weighted by molar-refractivity contribution is 5.20. The molecule has 6 heteroatoms.